The lowest BCUT2D eigenvalue weighted by atomic mass is 10.1. The fourth-order valence-corrected chi connectivity index (χ4v) is 2.83. The number of rotatable bonds is 14. The molecule has 0 amide bonds. The van der Waals surface area contributed by atoms with E-state index >= 15 is 0 Å². The molecule has 0 aliphatic heterocycles. The average molecular weight is 258 g/mol. The van der Waals surface area contributed by atoms with E-state index in [1.807, 2.05) is 0 Å². The lowest BCUT2D eigenvalue weighted by molar-refractivity contribution is 0.591. The highest BCUT2D eigenvalue weighted by Gasteiger charge is 1.93. The molecule has 1 heteroatoms. The van der Waals surface area contributed by atoms with Crippen molar-refractivity contribution in [3.8, 4) is 0 Å². The van der Waals surface area contributed by atoms with Gasteiger partial charge in [-0.1, -0.05) is 78.1 Å². The molecule has 0 aromatic carbocycles. The Balaban J connectivity index is 2.85. The van der Waals surface area contributed by atoms with Crippen molar-refractivity contribution in [1.29, 1.82) is 0 Å². The van der Waals surface area contributed by atoms with Crippen LogP contribution in [0, 0.1) is 5.75 Å². The highest BCUT2D eigenvalue weighted by Crippen LogP contribution is 2.16. The van der Waals surface area contributed by atoms with Gasteiger partial charge in [-0.15, -0.1) is 0 Å². The molecule has 0 spiro atoms. The third kappa shape index (κ3) is 16.4. The van der Waals surface area contributed by atoms with E-state index in [-0.39, 0.29) is 0 Å². The first-order valence-corrected chi connectivity index (χ1v) is 8.90. The zero-order valence-corrected chi connectivity index (χ0v) is 13.0. The molecule has 103 valence electrons. The van der Waals surface area contributed by atoms with Gasteiger partial charge in [0.15, 0.2) is 0 Å². The minimum Gasteiger partial charge on any atom is -0.157 e. The quantitative estimate of drug-likeness (QED) is 0.316. The lowest BCUT2D eigenvalue weighted by Crippen LogP contribution is -1.82. The Bertz CT molecular complexity index is 109. The van der Waals surface area contributed by atoms with Gasteiger partial charge in [0.2, 0.25) is 0 Å². The average Bonchev–Trinajstić information content (AvgIpc) is 2.35. The summed E-state index contributed by atoms with van der Waals surface area (Å²) in [6.45, 7) is 4.56. The van der Waals surface area contributed by atoms with Crippen LogP contribution in [0.25, 0.3) is 0 Å². The first kappa shape index (κ1) is 17.4. The van der Waals surface area contributed by atoms with E-state index in [1.54, 1.807) is 0 Å². The van der Waals surface area contributed by atoms with E-state index in [0.29, 0.717) is 0 Å². The topological polar surface area (TPSA) is 0 Å². The van der Waals surface area contributed by atoms with Crippen LogP contribution in [0.15, 0.2) is 0 Å². The first-order chi connectivity index (χ1) is 8.41. The van der Waals surface area contributed by atoms with Crippen LogP contribution in [0.4, 0.5) is 0 Å². The maximum Gasteiger partial charge on any atom is 0.0166 e. The molecule has 0 aromatic heterocycles. The Morgan fingerprint density at radius 1 is 0.647 bits per heavy atom. The summed E-state index contributed by atoms with van der Waals surface area (Å²) in [5.74, 6) is 3.79. The second-order valence-corrected chi connectivity index (χ2v) is 6.08. The molecule has 1 radical (unpaired) electrons. The molecule has 0 saturated heterocycles. The van der Waals surface area contributed by atoms with Crippen LogP contribution in [0.5, 0.6) is 0 Å². The third-order valence-corrected chi connectivity index (χ3v) is 4.15. The standard InChI is InChI=1S/C16H33S/c1-3-5-7-9-10-11-12-14-16-17-15-13-8-6-4-2/h16H,3-15H2,1-2H3. The van der Waals surface area contributed by atoms with E-state index in [2.05, 4.69) is 31.4 Å². The van der Waals surface area contributed by atoms with Crippen LogP contribution in [0.1, 0.15) is 90.9 Å². The normalized spacial score (nSPS) is 10.9. The predicted molar refractivity (Wildman–Crippen MR) is 83.5 cm³/mol. The number of hydrogen-bond donors (Lipinski definition) is 0. The molecule has 0 rings (SSSR count). The summed E-state index contributed by atoms with van der Waals surface area (Å²) in [4.78, 5) is 0. The molecule has 0 atom stereocenters. The first-order valence-electron chi connectivity index (χ1n) is 7.85. The van der Waals surface area contributed by atoms with Gasteiger partial charge in [-0.2, -0.15) is 11.8 Å². The largest absolute Gasteiger partial charge is 0.157 e. The van der Waals surface area contributed by atoms with Gasteiger partial charge in [-0.25, -0.2) is 0 Å². The van der Waals surface area contributed by atoms with Crippen molar-refractivity contribution in [2.24, 2.45) is 0 Å². The molecule has 0 nitrogen and oxygen atoms in total. The molecule has 0 N–H and O–H groups in total. The molecule has 0 bridgehead atoms. The molecular formula is C16H33S. The van der Waals surface area contributed by atoms with E-state index in [4.69, 9.17) is 0 Å². The predicted octanol–water partition coefficient (Wildman–Crippen LogP) is 6.60. The van der Waals surface area contributed by atoms with Gasteiger partial charge in [0.05, 0.1) is 0 Å². The van der Waals surface area contributed by atoms with Crippen LogP contribution >= 0.6 is 11.8 Å². The summed E-state index contributed by atoms with van der Waals surface area (Å²) >= 11 is 2.05. The van der Waals surface area contributed by atoms with Crippen molar-refractivity contribution in [3.05, 3.63) is 5.75 Å². The maximum atomic E-state index is 2.44. The van der Waals surface area contributed by atoms with Crippen LogP contribution in [0.2, 0.25) is 0 Å². The van der Waals surface area contributed by atoms with Crippen molar-refractivity contribution in [3.63, 3.8) is 0 Å². The number of unbranched alkanes of at least 4 members (excludes halogenated alkanes) is 10. The van der Waals surface area contributed by atoms with Crippen molar-refractivity contribution >= 4 is 11.8 Å². The van der Waals surface area contributed by atoms with Gasteiger partial charge in [0.1, 0.15) is 0 Å². The molecule has 0 fully saturated rings. The summed E-state index contributed by atoms with van der Waals surface area (Å²) in [6, 6.07) is 0. The highest BCUT2D eigenvalue weighted by atomic mass is 32.2. The van der Waals surface area contributed by atoms with E-state index < -0.39 is 0 Å². The summed E-state index contributed by atoms with van der Waals surface area (Å²) < 4.78 is 0. The Morgan fingerprint density at radius 2 is 1.18 bits per heavy atom. The van der Waals surface area contributed by atoms with Gasteiger partial charge < -0.3 is 0 Å². The minimum atomic E-state index is 1.33. The summed E-state index contributed by atoms with van der Waals surface area (Å²) in [5.41, 5.74) is 0. The van der Waals surface area contributed by atoms with Gasteiger partial charge in [-0.05, 0) is 18.6 Å². The Labute approximate surface area is 114 Å². The van der Waals surface area contributed by atoms with Crippen molar-refractivity contribution in [2.45, 2.75) is 90.9 Å². The van der Waals surface area contributed by atoms with Crippen molar-refractivity contribution < 1.29 is 0 Å². The van der Waals surface area contributed by atoms with Crippen LogP contribution in [-0.4, -0.2) is 5.75 Å². The van der Waals surface area contributed by atoms with Gasteiger partial charge in [0, 0.05) is 5.75 Å². The maximum absolute atomic E-state index is 2.44. The zero-order chi connectivity index (χ0) is 12.6. The van der Waals surface area contributed by atoms with Gasteiger partial charge >= 0.3 is 0 Å². The SMILES string of the molecule is CCCCCCCCC[CH]SCCCCCC. The molecule has 0 unspecified atom stereocenters. The second-order valence-electron chi connectivity index (χ2n) is 5.01. The summed E-state index contributed by atoms with van der Waals surface area (Å²) in [5, 5.41) is 0. The van der Waals surface area contributed by atoms with Gasteiger partial charge in [0.25, 0.3) is 0 Å². The Hall–Kier alpha value is 0.350. The number of hydrogen-bond acceptors (Lipinski definition) is 1. The molecule has 0 saturated carbocycles. The van der Waals surface area contributed by atoms with Crippen molar-refractivity contribution in [2.75, 3.05) is 5.75 Å². The number of thioether (sulfide) groups is 1. The zero-order valence-electron chi connectivity index (χ0n) is 12.2. The molecule has 0 aliphatic carbocycles. The molecule has 0 aliphatic rings. The molecule has 0 aromatic rings. The Kier molecular flexibility index (Phi) is 16.7. The molecule has 17 heavy (non-hydrogen) atoms. The summed E-state index contributed by atoms with van der Waals surface area (Å²) in [7, 11) is 0. The van der Waals surface area contributed by atoms with E-state index in [0.717, 1.165) is 0 Å². The second kappa shape index (κ2) is 16.4. The van der Waals surface area contributed by atoms with E-state index in [1.165, 1.54) is 82.8 Å². The monoisotopic (exact) mass is 257 g/mol. The smallest absolute Gasteiger partial charge is 0.0166 e. The fourth-order valence-electron chi connectivity index (χ4n) is 1.96. The van der Waals surface area contributed by atoms with Crippen LogP contribution in [-0.2, 0) is 0 Å². The molecule has 0 heterocycles. The molecular weight excluding hydrogens is 224 g/mol. The Morgan fingerprint density at radius 3 is 1.82 bits per heavy atom. The van der Waals surface area contributed by atoms with Crippen LogP contribution < -0.4 is 0 Å². The van der Waals surface area contributed by atoms with Gasteiger partial charge in [-0.3, -0.25) is 0 Å². The van der Waals surface area contributed by atoms with Crippen LogP contribution in [0.3, 0.4) is 0 Å². The van der Waals surface area contributed by atoms with Crippen molar-refractivity contribution in [1.82, 2.24) is 0 Å². The van der Waals surface area contributed by atoms with E-state index in [9.17, 15) is 0 Å². The third-order valence-electron chi connectivity index (χ3n) is 3.16. The minimum absolute atomic E-state index is 1.33. The highest BCUT2D eigenvalue weighted by molar-refractivity contribution is 8.01. The fraction of sp³-hybridized carbons (Fsp3) is 0.938. The lowest BCUT2D eigenvalue weighted by Gasteiger charge is -2.02. The summed E-state index contributed by atoms with van der Waals surface area (Å²) in [6.07, 6.45) is 16.9.